The summed E-state index contributed by atoms with van der Waals surface area (Å²) in [5.74, 6) is 0. The Morgan fingerprint density at radius 2 is 1.48 bits per heavy atom. The van der Waals surface area contributed by atoms with Crippen molar-refractivity contribution in [2.24, 2.45) is 0 Å². The number of nitrogens with one attached hydrogen (secondary N) is 2. The first-order valence-corrected chi connectivity index (χ1v) is 7.55. The van der Waals surface area contributed by atoms with E-state index in [1.165, 1.54) is 27.8 Å². The molecular formula is C18H22N2S. The molecule has 0 aliphatic carbocycles. The van der Waals surface area contributed by atoms with Crippen molar-refractivity contribution in [2.45, 2.75) is 34.2 Å². The molecule has 0 fully saturated rings. The molecule has 21 heavy (non-hydrogen) atoms. The van der Waals surface area contributed by atoms with Crippen LogP contribution >= 0.6 is 12.2 Å². The second-order valence-electron chi connectivity index (χ2n) is 5.57. The Balaban J connectivity index is 1.97. The van der Waals surface area contributed by atoms with Crippen LogP contribution in [0.4, 0.5) is 5.69 Å². The molecule has 2 aromatic carbocycles. The number of benzene rings is 2. The van der Waals surface area contributed by atoms with Crippen LogP contribution in [0.3, 0.4) is 0 Å². The first-order chi connectivity index (χ1) is 9.95. The van der Waals surface area contributed by atoms with Crippen LogP contribution in [0.5, 0.6) is 0 Å². The minimum absolute atomic E-state index is 0.658. The zero-order chi connectivity index (χ0) is 15.4. The summed E-state index contributed by atoms with van der Waals surface area (Å²) in [4.78, 5) is 0. The highest BCUT2D eigenvalue weighted by molar-refractivity contribution is 7.80. The van der Waals surface area contributed by atoms with Gasteiger partial charge in [0.2, 0.25) is 0 Å². The molecule has 0 radical (unpaired) electrons. The molecule has 0 spiro atoms. The number of rotatable bonds is 3. The normalized spacial score (nSPS) is 10.3. The zero-order valence-corrected chi connectivity index (χ0v) is 13.9. The molecule has 2 aromatic rings. The molecule has 0 saturated heterocycles. The van der Waals surface area contributed by atoms with Gasteiger partial charge in [0.15, 0.2) is 5.11 Å². The van der Waals surface area contributed by atoms with Gasteiger partial charge in [0.1, 0.15) is 0 Å². The lowest BCUT2D eigenvalue weighted by Crippen LogP contribution is -2.28. The second kappa shape index (κ2) is 6.72. The summed E-state index contributed by atoms with van der Waals surface area (Å²) in [6.45, 7) is 9.13. The fraction of sp³-hybridized carbons (Fsp3) is 0.278. The smallest absolute Gasteiger partial charge is 0.171 e. The van der Waals surface area contributed by atoms with E-state index in [1.54, 1.807) is 0 Å². The van der Waals surface area contributed by atoms with Crippen molar-refractivity contribution >= 4 is 23.0 Å². The zero-order valence-electron chi connectivity index (χ0n) is 13.1. The van der Waals surface area contributed by atoms with Crippen LogP contribution in [-0.2, 0) is 6.54 Å². The van der Waals surface area contributed by atoms with Gasteiger partial charge < -0.3 is 10.6 Å². The lowest BCUT2D eigenvalue weighted by molar-refractivity contribution is 0.924. The molecule has 3 heteroatoms. The maximum atomic E-state index is 5.39. The lowest BCUT2D eigenvalue weighted by atomic mass is 10.1. The average molecular weight is 298 g/mol. The predicted octanol–water partition coefficient (Wildman–Crippen LogP) is 4.41. The van der Waals surface area contributed by atoms with E-state index < -0.39 is 0 Å². The highest BCUT2D eigenvalue weighted by Gasteiger charge is 2.05. The molecule has 0 unspecified atom stereocenters. The van der Waals surface area contributed by atoms with Crippen LogP contribution in [0.15, 0.2) is 36.4 Å². The third-order valence-corrected chi connectivity index (χ3v) is 3.74. The van der Waals surface area contributed by atoms with Crippen molar-refractivity contribution in [1.29, 1.82) is 0 Å². The fourth-order valence-corrected chi connectivity index (χ4v) is 2.60. The standard InChI is InChI=1S/C18H22N2S/c1-12-5-7-16(8-6-12)11-19-18(21)20-17-14(3)9-13(2)10-15(17)4/h5-10H,11H2,1-4H3,(H2,19,20,21). The van der Waals surface area contributed by atoms with E-state index in [1.807, 2.05) is 0 Å². The molecular weight excluding hydrogens is 276 g/mol. The monoisotopic (exact) mass is 298 g/mol. The molecule has 0 amide bonds. The third-order valence-electron chi connectivity index (χ3n) is 3.49. The molecule has 2 N–H and O–H groups in total. The van der Waals surface area contributed by atoms with Gasteiger partial charge in [-0.25, -0.2) is 0 Å². The highest BCUT2D eigenvalue weighted by atomic mass is 32.1. The van der Waals surface area contributed by atoms with Gasteiger partial charge in [-0.05, 0) is 56.6 Å². The summed E-state index contributed by atoms with van der Waals surface area (Å²) in [6, 6.07) is 12.8. The highest BCUT2D eigenvalue weighted by Crippen LogP contribution is 2.21. The molecule has 2 nitrogen and oxygen atoms in total. The van der Waals surface area contributed by atoms with Gasteiger partial charge in [-0.1, -0.05) is 47.5 Å². The molecule has 0 atom stereocenters. The first kappa shape index (κ1) is 15.5. The van der Waals surface area contributed by atoms with Crippen LogP contribution in [0, 0.1) is 27.7 Å². The van der Waals surface area contributed by atoms with Crippen molar-refractivity contribution in [3.63, 3.8) is 0 Å². The minimum atomic E-state index is 0.658. The molecule has 110 valence electrons. The summed E-state index contributed by atoms with van der Waals surface area (Å²) < 4.78 is 0. The van der Waals surface area contributed by atoms with Gasteiger partial charge in [0, 0.05) is 12.2 Å². The van der Waals surface area contributed by atoms with Gasteiger partial charge in [0.25, 0.3) is 0 Å². The molecule has 0 aliphatic rings. The topological polar surface area (TPSA) is 24.1 Å². The largest absolute Gasteiger partial charge is 0.358 e. The summed E-state index contributed by atoms with van der Waals surface area (Å²) in [5.41, 5.74) is 7.29. The van der Waals surface area contributed by atoms with Crippen LogP contribution in [0.1, 0.15) is 27.8 Å². The Labute approximate surface area is 132 Å². The van der Waals surface area contributed by atoms with Crippen LogP contribution in [-0.4, -0.2) is 5.11 Å². The number of anilines is 1. The Kier molecular flexibility index (Phi) is 4.97. The molecule has 0 saturated carbocycles. The van der Waals surface area contributed by atoms with Gasteiger partial charge in [0.05, 0.1) is 0 Å². The van der Waals surface area contributed by atoms with Crippen molar-refractivity contribution in [1.82, 2.24) is 5.32 Å². The van der Waals surface area contributed by atoms with E-state index in [4.69, 9.17) is 12.2 Å². The second-order valence-corrected chi connectivity index (χ2v) is 5.98. The van der Waals surface area contributed by atoms with Crippen molar-refractivity contribution in [3.05, 3.63) is 64.2 Å². The van der Waals surface area contributed by atoms with E-state index in [-0.39, 0.29) is 0 Å². The Morgan fingerprint density at radius 1 is 0.905 bits per heavy atom. The molecule has 0 heterocycles. The summed E-state index contributed by atoms with van der Waals surface area (Å²) in [5, 5.41) is 7.22. The van der Waals surface area contributed by atoms with E-state index in [2.05, 4.69) is 74.7 Å². The fourth-order valence-electron chi connectivity index (χ4n) is 2.42. The van der Waals surface area contributed by atoms with Crippen molar-refractivity contribution < 1.29 is 0 Å². The van der Waals surface area contributed by atoms with E-state index >= 15 is 0 Å². The summed E-state index contributed by atoms with van der Waals surface area (Å²) in [6.07, 6.45) is 0. The van der Waals surface area contributed by atoms with E-state index in [0.717, 1.165) is 12.2 Å². The maximum absolute atomic E-state index is 5.39. The number of thiocarbonyl (C=S) groups is 1. The van der Waals surface area contributed by atoms with Gasteiger partial charge in [-0.15, -0.1) is 0 Å². The van der Waals surface area contributed by atoms with E-state index in [9.17, 15) is 0 Å². The first-order valence-electron chi connectivity index (χ1n) is 7.14. The minimum Gasteiger partial charge on any atom is -0.358 e. The van der Waals surface area contributed by atoms with Crippen molar-refractivity contribution in [3.8, 4) is 0 Å². The number of aryl methyl sites for hydroxylation is 4. The van der Waals surface area contributed by atoms with Crippen molar-refractivity contribution in [2.75, 3.05) is 5.32 Å². The number of hydrogen-bond acceptors (Lipinski definition) is 1. The Bertz CT molecular complexity index is 622. The quantitative estimate of drug-likeness (QED) is 0.821. The SMILES string of the molecule is Cc1ccc(CNC(=S)Nc2c(C)cc(C)cc2C)cc1. The third kappa shape index (κ3) is 4.30. The Hall–Kier alpha value is -1.87. The van der Waals surface area contributed by atoms with Gasteiger partial charge >= 0.3 is 0 Å². The molecule has 0 bridgehead atoms. The maximum Gasteiger partial charge on any atom is 0.171 e. The van der Waals surface area contributed by atoms with Gasteiger partial charge in [-0.2, -0.15) is 0 Å². The molecule has 2 rings (SSSR count). The lowest BCUT2D eigenvalue weighted by Gasteiger charge is -2.15. The predicted molar refractivity (Wildman–Crippen MR) is 94.9 cm³/mol. The van der Waals surface area contributed by atoms with E-state index in [0.29, 0.717) is 5.11 Å². The average Bonchev–Trinajstić information content (AvgIpc) is 2.42. The van der Waals surface area contributed by atoms with Crippen LogP contribution in [0.25, 0.3) is 0 Å². The summed E-state index contributed by atoms with van der Waals surface area (Å²) in [7, 11) is 0. The van der Waals surface area contributed by atoms with Crippen LogP contribution < -0.4 is 10.6 Å². The summed E-state index contributed by atoms with van der Waals surface area (Å²) >= 11 is 5.39. The Morgan fingerprint density at radius 3 is 2.05 bits per heavy atom. The molecule has 0 aliphatic heterocycles. The molecule has 0 aromatic heterocycles. The van der Waals surface area contributed by atoms with Gasteiger partial charge in [-0.3, -0.25) is 0 Å². The van der Waals surface area contributed by atoms with Crippen LogP contribution in [0.2, 0.25) is 0 Å². The number of hydrogen-bond donors (Lipinski definition) is 2.